The third-order valence-corrected chi connectivity index (χ3v) is 11.0. The Morgan fingerprint density at radius 1 is 1.00 bits per heavy atom. The average molecular weight is 752 g/mol. The zero-order chi connectivity index (χ0) is 34.3. The van der Waals surface area contributed by atoms with Crippen molar-refractivity contribution in [3.8, 4) is 16.9 Å². The van der Waals surface area contributed by atoms with E-state index in [0.29, 0.717) is 46.3 Å². The minimum absolute atomic E-state index is 0.323. The molecule has 0 radical (unpaired) electrons. The van der Waals surface area contributed by atoms with E-state index in [1.165, 1.54) is 0 Å². The molecule has 2 aliphatic rings. The molecule has 15 heteroatoms. The first kappa shape index (κ1) is 33.5. The molecule has 2 saturated heterocycles. The first-order chi connectivity index (χ1) is 23.6. The molecule has 0 amide bonds. The lowest BCUT2D eigenvalue weighted by atomic mass is 9.96. The maximum atomic E-state index is 15.7. The summed E-state index contributed by atoms with van der Waals surface area (Å²) >= 11 is 3.60. The van der Waals surface area contributed by atoms with Crippen LogP contribution in [0.3, 0.4) is 0 Å². The molecule has 49 heavy (non-hydrogen) atoms. The molecule has 0 spiro atoms. The number of aryl methyl sites for hydroxylation is 1. The van der Waals surface area contributed by atoms with E-state index in [1.807, 2.05) is 42.4 Å². The SMILES string of the molecule is COc1cc(N2CCC(N3CCCC3)C(F)(F)C2)c(-c2cnn(C)c2)cc1Nc1ncc(Br)c(Nc2ccc3nccnc3c2P(C)C)n1. The van der Waals surface area contributed by atoms with Gasteiger partial charge >= 0.3 is 0 Å². The second-order valence-electron chi connectivity index (χ2n) is 12.6. The number of hydrogen-bond donors (Lipinski definition) is 2. The van der Waals surface area contributed by atoms with Crippen molar-refractivity contribution in [2.24, 2.45) is 7.05 Å². The Labute approximate surface area is 293 Å². The first-order valence-electron chi connectivity index (χ1n) is 16.2. The zero-order valence-corrected chi connectivity index (χ0v) is 30.3. The number of rotatable bonds is 9. The summed E-state index contributed by atoms with van der Waals surface area (Å²) in [5.41, 5.74) is 5.39. The predicted octanol–water partition coefficient (Wildman–Crippen LogP) is 6.76. The Bertz CT molecular complexity index is 1990. The van der Waals surface area contributed by atoms with Gasteiger partial charge in [0, 0.05) is 72.3 Å². The second-order valence-corrected chi connectivity index (χ2v) is 15.7. The fraction of sp³-hybridized carbons (Fsp3) is 0.382. The van der Waals surface area contributed by atoms with Gasteiger partial charge in [0.2, 0.25) is 5.95 Å². The van der Waals surface area contributed by atoms with Crippen LogP contribution >= 0.6 is 23.9 Å². The van der Waals surface area contributed by atoms with Crippen molar-refractivity contribution in [3.63, 3.8) is 0 Å². The van der Waals surface area contributed by atoms with E-state index in [2.05, 4.69) is 59.9 Å². The van der Waals surface area contributed by atoms with Gasteiger partial charge in [0.05, 0.1) is 47.1 Å². The molecule has 1 atom stereocenters. The molecule has 0 bridgehead atoms. The Kier molecular flexibility index (Phi) is 9.38. The number of fused-ring (bicyclic) bond motifs is 1. The summed E-state index contributed by atoms with van der Waals surface area (Å²) in [6, 6.07) is 6.92. The second kappa shape index (κ2) is 13.7. The lowest BCUT2D eigenvalue weighted by Gasteiger charge is -2.43. The van der Waals surface area contributed by atoms with Crippen molar-refractivity contribution in [2.45, 2.75) is 31.2 Å². The molecular weight excluding hydrogens is 713 g/mol. The lowest BCUT2D eigenvalue weighted by molar-refractivity contribution is -0.0822. The number of aromatic nitrogens is 6. The fourth-order valence-corrected chi connectivity index (χ4v) is 8.36. The summed E-state index contributed by atoms with van der Waals surface area (Å²) in [7, 11) is 2.86. The predicted molar refractivity (Wildman–Crippen MR) is 196 cm³/mol. The van der Waals surface area contributed by atoms with Gasteiger partial charge in [-0.25, -0.2) is 13.8 Å². The third kappa shape index (κ3) is 6.78. The Morgan fingerprint density at radius 3 is 2.51 bits per heavy atom. The summed E-state index contributed by atoms with van der Waals surface area (Å²) in [4.78, 5) is 22.2. The van der Waals surface area contributed by atoms with Gasteiger partial charge in [0.1, 0.15) is 11.6 Å². The molecule has 11 nitrogen and oxygen atoms in total. The number of likely N-dealkylation sites (tertiary alicyclic amines) is 1. The van der Waals surface area contributed by atoms with Crippen LogP contribution in [0.25, 0.3) is 22.2 Å². The van der Waals surface area contributed by atoms with Crippen molar-refractivity contribution >= 4 is 69.0 Å². The highest BCUT2D eigenvalue weighted by atomic mass is 79.9. The molecule has 0 saturated carbocycles. The van der Waals surface area contributed by atoms with E-state index in [4.69, 9.17) is 9.72 Å². The number of halogens is 3. The summed E-state index contributed by atoms with van der Waals surface area (Å²) in [6.07, 6.45) is 11.0. The molecule has 2 fully saturated rings. The van der Waals surface area contributed by atoms with Crippen molar-refractivity contribution < 1.29 is 13.5 Å². The maximum absolute atomic E-state index is 15.7. The minimum Gasteiger partial charge on any atom is -0.494 e. The molecule has 5 aromatic rings. The minimum atomic E-state index is -2.86. The topological polar surface area (TPSA) is 109 Å². The quantitative estimate of drug-likeness (QED) is 0.157. The fourth-order valence-electron chi connectivity index (χ4n) is 6.86. The summed E-state index contributed by atoms with van der Waals surface area (Å²) in [5.74, 6) is -1.50. The monoisotopic (exact) mass is 750 g/mol. The van der Waals surface area contributed by atoms with Crippen molar-refractivity contribution in [1.29, 1.82) is 0 Å². The Morgan fingerprint density at radius 2 is 1.80 bits per heavy atom. The van der Waals surface area contributed by atoms with E-state index >= 15 is 8.78 Å². The summed E-state index contributed by atoms with van der Waals surface area (Å²) < 4.78 is 39.7. The highest BCUT2D eigenvalue weighted by Gasteiger charge is 2.48. The van der Waals surface area contributed by atoms with E-state index in [0.717, 1.165) is 59.1 Å². The van der Waals surface area contributed by atoms with Gasteiger partial charge in [-0.3, -0.25) is 19.5 Å². The van der Waals surface area contributed by atoms with Gasteiger partial charge in [-0.15, -0.1) is 0 Å². The van der Waals surface area contributed by atoms with Crippen molar-refractivity contribution in [2.75, 3.05) is 62.2 Å². The largest absolute Gasteiger partial charge is 0.494 e. The summed E-state index contributed by atoms with van der Waals surface area (Å²) in [6.45, 7) is 5.97. The van der Waals surface area contributed by atoms with E-state index in [-0.39, 0.29) is 6.54 Å². The lowest BCUT2D eigenvalue weighted by Crippen LogP contribution is -2.58. The Hall–Kier alpha value is -4.00. The number of methoxy groups -OCH3 is 1. The normalized spacial score (nSPS) is 18.0. The molecule has 2 aliphatic heterocycles. The van der Waals surface area contributed by atoms with Crippen LogP contribution < -0.4 is 25.6 Å². The van der Waals surface area contributed by atoms with Crippen molar-refractivity contribution in [3.05, 3.63) is 59.7 Å². The van der Waals surface area contributed by atoms with E-state index in [1.54, 1.807) is 41.5 Å². The van der Waals surface area contributed by atoms with Crippen LogP contribution in [0.2, 0.25) is 0 Å². The molecule has 1 unspecified atom stereocenters. The van der Waals surface area contributed by atoms with Crippen LogP contribution in [0.4, 0.5) is 37.6 Å². The molecular formula is C34H38BrF2N10OP. The maximum Gasteiger partial charge on any atom is 0.280 e. The first-order valence-corrected chi connectivity index (χ1v) is 19.2. The van der Waals surface area contributed by atoms with Gasteiger partial charge in [0.15, 0.2) is 0 Å². The van der Waals surface area contributed by atoms with Gasteiger partial charge < -0.3 is 20.3 Å². The smallest absolute Gasteiger partial charge is 0.280 e. The molecule has 2 N–H and O–H groups in total. The van der Waals surface area contributed by atoms with Crippen LogP contribution in [0.5, 0.6) is 5.75 Å². The highest BCUT2D eigenvalue weighted by molar-refractivity contribution is 9.10. The van der Waals surface area contributed by atoms with Crippen molar-refractivity contribution in [1.82, 2.24) is 34.6 Å². The van der Waals surface area contributed by atoms with Gasteiger partial charge in [0.25, 0.3) is 5.92 Å². The number of piperidine rings is 1. The molecule has 256 valence electrons. The third-order valence-electron chi connectivity index (χ3n) is 9.12. The number of ether oxygens (including phenoxy) is 1. The molecule has 0 aliphatic carbocycles. The number of hydrogen-bond acceptors (Lipinski definition) is 10. The van der Waals surface area contributed by atoms with Crippen LogP contribution in [0.15, 0.2) is 59.7 Å². The molecule has 5 heterocycles. The highest BCUT2D eigenvalue weighted by Crippen LogP contribution is 2.44. The van der Waals surface area contributed by atoms with Gasteiger partial charge in [-0.2, -0.15) is 10.1 Å². The average Bonchev–Trinajstić information content (AvgIpc) is 3.77. The molecule has 7 rings (SSSR count). The molecule has 3 aromatic heterocycles. The van der Waals surface area contributed by atoms with Crippen LogP contribution in [-0.4, -0.2) is 93.2 Å². The number of alkyl halides is 2. The van der Waals surface area contributed by atoms with Crippen LogP contribution in [0, 0.1) is 0 Å². The Balaban J connectivity index is 1.22. The molecule has 2 aromatic carbocycles. The van der Waals surface area contributed by atoms with Gasteiger partial charge in [-0.1, -0.05) is 7.92 Å². The zero-order valence-electron chi connectivity index (χ0n) is 27.8. The van der Waals surface area contributed by atoms with E-state index < -0.39 is 19.9 Å². The van der Waals surface area contributed by atoms with Gasteiger partial charge in [-0.05, 0) is 79.8 Å². The van der Waals surface area contributed by atoms with E-state index in [9.17, 15) is 0 Å². The summed E-state index contributed by atoms with van der Waals surface area (Å²) in [5, 5.41) is 12.3. The standard InChI is InChI=1S/C34H38BrF2N10OP/c1-45-19-21(17-41-45)22-15-26(28(48-2)16-27(22)47-14-9-29(34(36,37)20-47)46-12-5-6-13-46)43-33-40-18-23(35)32(44-33)42-25-8-7-24-30(31(25)49(3)4)39-11-10-38-24/h7-8,10-11,15-19,29H,5-6,9,12-14,20H2,1-4H3,(H2,40,42,43,44). The number of benzene rings is 2. The van der Waals surface area contributed by atoms with Crippen LogP contribution in [0.1, 0.15) is 19.3 Å². The number of anilines is 5. The van der Waals surface area contributed by atoms with Crippen LogP contribution in [-0.2, 0) is 7.05 Å². The number of nitrogens with one attached hydrogen (secondary N) is 2. The number of nitrogens with zero attached hydrogens (tertiary/aromatic N) is 8.